The minimum absolute atomic E-state index is 0.115. The molecule has 0 aromatic heterocycles. The largest absolute Gasteiger partial charge is 0.367 e. The number of hydrogen-bond acceptors (Lipinski definition) is 2. The molecule has 3 aliphatic heterocycles. The molecule has 0 unspecified atom stereocenters. The molecule has 25 heavy (non-hydrogen) atoms. The van der Waals surface area contributed by atoms with Gasteiger partial charge >= 0.3 is 0 Å². The van der Waals surface area contributed by atoms with Gasteiger partial charge in [0.05, 0.1) is 5.56 Å². The zero-order valence-electron chi connectivity index (χ0n) is 14.2. The smallest absolute Gasteiger partial charge is 0.133 e. The van der Waals surface area contributed by atoms with Crippen LogP contribution in [0.25, 0.3) is 11.1 Å². The van der Waals surface area contributed by atoms with Crippen LogP contribution in [0.15, 0.2) is 30.3 Å². The fraction of sp³-hybridized carbons (Fsp3) is 0.429. The van der Waals surface area contributed by atoms with Crippen LogP contribution in [0.2, 0.25) is 0 Å². The Morgan fingerprint density at radius 1 is 1.08 bits per heavy atom. The van der Waals surface area contributed by atoms with E-state index in [1.54, 1.807) is 0 Å². The van der Waals surface area contributed by atoms with Crippen LogP contribution < -0.4 is 10.2 Å². The Labute approximate surface area is 146 Å². The molecule has 0 bridgehead atoms. The van der Waals surface area contributed by atoms with Crippen molar-refractivity contribution in [3.63, 3.8) is 0 Å². The Kier molecular flexibility index (Phi) is 3.56. The molecule has 2 aromatic carbocycles. The molecule has 5 rings (SSSR count). The van der Waals surface area contributed by atoms with E-state index in [0.29, 0.717) is 17.5 Å². The van der Waals surface area contributed by atoms with Crippen LogP contribution in [0, 0.1) is 11.6 Å². The van der Waals surface area contributed by atoms with Crippen LogP contribution in [0.1, 0.15) is 36.3 Å². The van der Waals surface area contributed by atoms with Crippen molar-refractivity contribution < 1.29 is 8.78 Å². The molecule has 0 radical (unpaired) electrons. The van der Waals surface area contributed by atoms with Gasteiger partial charge in [0, 0.05) is 30.7 Å². The van der Waals surface area contributed by atoms with E-state index in [4.69, 9.17) is 0 Å². The molecule has 2 aromatic rings. The molecule has 0 spiro atoms. The number of halogens is 2. The predicted molar refractivity (Wildman–Crippen MR) is 96.1 cm³/mol. The number of hydrogen-bond donors (Lipinski definition) is 1. The van der Waals surface area contributed by atoms with Crippen molar-refractivity contribution in [3.8, 4) is 11.1 Å². The summed E-state index contributed by atoms with van der Waals surface area (Å²) < 4.78 is 28.7. The molecule has 1 fully saturated rings. The first kappa shape index (κ1) is 15.3. The SMILES string of the molecule is Fc1cccc(F)c1-c1cc2c3c(c1)[C@H]1CNCC[C@H]1N3CCCC2. The Morgan fingerprint density at radius 3 is 2.76 bits per heavy atom. The molecule has 0 saturated carbocycles. The first-order valence-corrected chi connectivity index (χ1v) is 9.32. The van der Waals surface area contributed by atoms with Crippen molar-refractivity contribution in [1.82, 2.24) is 5.32 Å². The average Bonchev–Trinajstić information content (AvgIpc) is 2.77. The lowest BCUT2D eigenvalue weighted by Gasteiger charge is -2.33. The fourth-order valence-electron chi connectivity index (χ4n) is 5.04. The van der Waals surface area contributed by atoms with Crippen LogP contribution in [0.4, 0.5) is 14.5 Å². The molecule has 1 saturated heterocycles. The molecule has 4 heteroatoms. The van der Waals surface area contributed by atoms with Gasteiger partial charge in [0.25, 0.3) is 0 Å². The number of nitrogens with one attached hydrogen (secondary N) is 1. The highest BCUT2D eigenvalue weighted by molar-refractivity contribution is 5.76. The number of aryl methyl sites for hydroxylation is 1. The van der Waals surface area contributed by atoms with Gasteiger partial charge in [-0.2, -0.15) is 0 Å². The van der Waals surface area contributed by atoms with Crippen molar-refractivity contribution in [2.75, 3.05) is 24.5 Å². The van der Waals surface area contributed by atoms with E-state index in [2.05, 4.69) is 16.3 Å². The summed E-state index contributed by atoms with van der Waals surface area (Å²) in [4.78, 5) is 2.59. The maximum absolute atomic E-state index is 14.4. The molecular formula is C21H22F2N2. The number of nitrogens with zero attached hydrogens (tertiary/aromatic N) is 1. The standard InChI is InChI=1S/C21H22F2N2/c22-17-5-3-6-18(23)20(17)14-10-13-4-1-2-9-25-19-7-8-24-12-16(19)15(11-14)21(13)25/h3,5-6,10-11,16,19,24H,1-2,4,7-9,12H2/t16-,19-/m1/s1. The summed E-state index contributed by atoms with van der Waals surface area (Å²) >= 11 is 0. The van der Waals surface area contributed by atoms with Gasteiger partial charge in [-0.3, -0.25) is 0 Å². The second-order valence-corrected chi connectivity index (χ2v) is 7.49. The lowest BCUT2D eigenvalue weighted by atomic mass is 9.87. The van der Waals surface area contributed by atoms with Crippen molar-refractivity contribution in [1.29, 1.82) is 0 Å². The van der Waals surface area contributed by atoms with E-state index in [-0.39, 0.29) is 5.56 Å². The van der Waals surface area contributed by atoms with Crippen LogP contribution >= 0.6 is 0 Å². The summed E-state index contributed by atoms with van der Waals surface area (Å²) in [5, 5.41) is 3.50. The topological polar surface area (TPSA) is 15.3 Å². The number of piperidine rings is 1. The monoisotopic (exact) mass is 340 g/mol. The second kappa shape index (κ2) is 5.80. The first-order chi connectivity index (χ1) is 12.2. The van der Waals surface area contributed by atoms with Gasteiger partial charge in [-0.15, -0.1) is 0 Å². The minimum Gasteiger partial charge on any atom is -0.367 e. The van der Waals surface area contributed by atoms with E-state index in [9.17, 15) is 8.78 Å². The van der Waals surface area contributed by atoms with Crippen molar-refractivity contribution in [3.05, 3.63) is 53.1 Å². The van der Waals surface area contributed by atoms with Gasteiger partial charge in [-0.05, 0) is 73.2 Å². The van der Waals surface area contributed by atoms with Crippen LogP contribution in [-0.4, -0.2) is 25.7 Å². The first-order valence-electron chi connectivity index (χ1n) is 9.32. The summed E-state index contributed by atoms with van der Waals surface area (Å²) in [5.41, 5.74) is 4.72. The van der Waals surface area contributed by atoms with Crippen LogP contribution in [0.3, 0.4) is 0 Å². The number of rotatable bonds is 1. The molecule has 2 atom stereocenters. The fourth-order valence-corrected chi connectivity index (χ4v) is 5.04. The van der Waals surface area contributed by atoms with E-state index in [1.165, 1.54) is 41.4 Å². The van der Waals surface area contributed by atoms with Crippen molar-refractivity contribution in [2.45, 2.75) is 37.6 Å². The molecule has 130 valence electrons. The Hall–Kier alpha value is -1.94. The molecule has 3 aliphatic rings. The van der Waals surface area contributed by atoms with Crippen molar-refractivity contribution >= 4 is 5.69 Å². The zero-order valence-corrected chi connectivity index (χ0v) is 14.2. The van der Waals surface area contributed by atoms with E-state index < -0.39 is 11.6 Å². The predicted octanol–water partition coefficient (Wildman–Crippen LogP) is 4.23. The second-order valence-electron chi connectivity index (χ2n) is 7.49. The quantitative estimate of drug-likeness (QED) is 0.836. The zero-order chi connectivity index (χ0) is 17.0. The Morgan fingerprint density at radius 2 is 1.92 bits per heavy atom. The Balaban J connectivity index is 1.72. The third-order valence-electron chi connectivity index (χ3n) is 6.10. The van der Waals surface area contributed by atoms with E-state index >= 15 is 0 Å². The lowest BCUT2D eigenvalue weighted by molar-refractivity contribution is 0.401. The maximum atomic E-state index is 14.4. The van der Waals surface area contributed by atoms with Gasteiger partial charge in [0.1, 0.15) is 11.6 Å². The van der Waals surface area contributed by atoms with Crippen LogP contribution in [0.5, 0.6) is 0 Å². The normalized spacial score (nSPS) is 24.6. The molecule has 0 aliphatic carbocycles. The number of fused-ring (bicyclic) bond motifs is 3. The highest BCUT2D eigenvalue weighted by Gasteiger charge is 2.41. The molecule has 3 heterocycles. The number of anilines is 1. The van der Waals surface area contributed by atoms with Gasteiger partial charge < -0.3 is 10.2 Å². The van der Waals surface area contributed by atoms with Crippen LogP contribution in [-0.2, 0) is 6.42 Å². The van der Waals surface area contributed by atoms with E-state index in [1.807, 2.05) is 6.07 Å². The summed E-state index contributed by atoms with van der Waals surface area (Å²) in [6, 6.07) is 8.74. The van der Waals surface area contributed by atoms with Gasteiger partial charge in [0.15, 0.2) is 0 Å². The summed E-state index contributed by atoms with van der Waals surface area (Å²) in [6.07, 6.45) is 4.47. The number of benzene rings is 2. The summed E-state index contributed by atoms with van der Waals surface area (Å²) in [6.45, 7) is 3.11. The minimum atomic E-state index is -0.478. The van der Waals surface area contributed by atoms with Gasteiger partial charge in [0.2, 0.25) is 0 Å². The molecular weight excluding hydrogens is 318 g/mol. The highest BCUT2D eigenvalue weighted by Crippen LogP contribution is 2.48. The summed E-state index contributed by atoms with van der Waals surface area (Å²) in [5.74, 6) is -0.529. The third-order valence-corrected chi connectivity index (χ3v) is 6.10. The molecule has 0 amide bonds. The van der Waals surface area contributed by atoms with Crippen molar-refractivity contribution in [2.24, 2.45) is 0 Å². The Bertz CT molecular complexity index is 813. The maximum Gasteiger partial charge on any atom is 0.133 e. The average molecular weight is 340 g/mol. The lowest BCUT2D eigenvalue weighted by Crippen LogP contribution is -2.44. The highest BCUT2D eigenvalue weighted by atomic mass is 19.1. The summed E-state index contributed by atoms with van der Waals surface area (Å²) in [7, 11) is 0. The molecule has 2 nitrogen and oxygen atoms in total. The van der Waals surface area contributed by atoms with Gasteiger partial charge in [-0.25, -0.2) is 8.78 Å². The van der Waals surface area contributed by atoms with Gasteiger partial charge in [-0.1, -0.05) is 6.07 Å². The third kappa shape index (κ3) is 2.30. The molecule has 1 N–H and O–H groups in total. The van der Waals surface area contributed by atoms with E-state index in [0.717, 1.165) is 38.9 Å².